The van der Waals surface area contributed by atoms with Crippen LogP contribution in [0, 0.1) is 6.92 Å². The highest BCUT2D eigenvalue weighted by Gasteiger charge is 2.20. The first kappa shape index (κ1) is 25.4. The van der Waals surface area contributed by atoms with Crippen LogP contribution in [0.5, 0.6) is 11.5 Å². The second-order valence-electron chi connectivity index (χ2n) is 7.68. The van der Waals surface area contributed by atoms with Gasteiger partial charge >= 0.3 is 0 Å². The van der Waals surface area contributed by atoms with Crippen LogP contribution >= 0.6 is 11.6 Å². The van der Waals surface area contributed by atoms with E-state index in [9.17, 15) is 13.2 Å². The van der Waals surface area contributed by atoms with Crippen molar-refractivity contribution < 1.29 is 22.7 Å². The number of halogens is 1. The van der Waals surface area contributed by atoms with Gasteiger partial charge in [0, 0.05) is 10.6 Å². The summed E-state index contributed by atoms with van der Waals surface area (Å²) < 4.78 is 36.9. The second kappa shape index (κ2) is 11.3. The number of methoxy groups -OCH3 is 1. The Hall–Kier alpha value is -3.23. The first-order valence-electron chi connectivity index (χ1n) is 10.6. The molecule has 9 heteroatoms. The van der Waals surface area contributed by atoms with E-state index in [0.717, 1.165) is 23.1 Å². The van der Waals surface area contributed by atoms with Crippen molar-refractivity contribution in [3.63, 3.8) is 0 Å². The number of hydrogen-bond donors (Lipinski definition) is 1. The normalized spacial score (nSPS) is 11.1. The number of nitrogens with one attached hydrogen (secondary N) is 1. The van der Waals surface area contributed by atoms with E-state index in [4.69, 9.17) is 21.1 Å². The standard InChI is InChI=1S/C25H27ClN2O5S/c1-18-4-9-21(26)16-24(18)28(34(3,30)31)17-19-5-7-20(8-6-19)25(29)27-14-15-33-23-12-10-22(32-2)11-13-23/h4-13,16H,14-15,17H2,1-3H3,(H,27,29). The number of amides is 1. The highest BCUT2D eigenvalue weighted by atomic mass is 35.5. The summed E-state index contributed by atoms with van der Waals surface area (Å²) in [4.78, 5) is 12.4. The molecule has 0 aliphatic heterocycles. The van der Waals surface area contributed by atoms with E-state index in [2.05, 4.69) is 5.32 Å². The minimum Gasteiger partial charge on any atom is -0.497 e. The molecule has 0 unspecified atom stereocenters. The Morgan fingerprint density at radius 1 is 1.00 bits per heavy atom. The van der Waals surface area contributed by atoms with E-state index in [1.165, 1.54) is 4.31 Å². The molecule has 3 aromatic carbocycles. The van der Waals surface area contributed by atoms with Gasteiger partial charge in [0.05, 0.1) is 32.1 Å². The quantitative estimate of drug-likeness (QED) is 0.414. The number of ether oxygens (including phenoxy) is 2. The number of carbonyl (C=O) groups is 1. The number of hydrogen-bond acceptors (Lipinski definition) is 5. The zero-order valence-electron chi connectivity index (χ0n) is 19.2. The number of sulfonamides is 1. The van der Waals surface area contributed by atoms with Crippen LogP contribution in [0.15, 0.2) is 66.7 Å². The molecule has 0 saturated heterocycles. The summed E-state index contributed by atoms with van der Waals surface area (Å²) >= 11 is 6.09. The van der Waals surface area contributed by atoms with Crippen molar-refractivity contribution in [2.75, 3.05) is 30.8 Å². The maximum atomic E-state index is 12.5. The molecule has 1 amide bonds. The topological polar surface area (TPSA) is 84.9 Å². The van der Waals surface area contributed by atoms with Gasteiger partial charge < -0.3 is 14.8 Å². The van der Waals surface area contributed by atoms with E-state index in [0.29, 0.717) is 35.2 Å². The van der Waals surface area contributed by atoms with Gasteiger partial charge in [-0.05, 0) is 66.6 Å². The third-order valence-electron chi connectivity index (χ3n) is 5.10. The van der Waals surface area contributed by atoms with Crippen LogP contribution < -0.4 is 19.1 Å². The van der Waals surface area contributed by atoms with E-state index >= 15 is 0 Å². The molecule has 0 aliphatic carbocycles. The van der Waals surface area contributed by atoms with Gasteiger partial charge in [-0.25, -0.2) is 8.42 Å². The molecule has 3 rings (SSSR count). The average Bonchev–Trinajstić information content (AvgIpc) is 2.82. The van der Waals surface area contributed by atoms with Crippen LogP contribution in [0.1, 0.15) is 21.5 Å². The Balaban J connectivity index is 1.58. The van der Waals surface area contributed by atoms with Gasteiger partial charge in [-0.2, -0.15) is 0 Å². The number of carbonyl (C=O) groups excluding carboxylic acids is 1. The third kappa shape index (κ3) is 6.88. The van der Waals surface area contributed by atoms with Crippen LogP contribution in [-0.4, -0.2) is 40.8 Å². The molecular formula is C25H27ClN2O5S. The molecule has 0 radical (unpaired) electrons. The molecule has 0 aromatic heterocycles. The van der Waals surface area contributed by atoms with Gasteiger partial charge in [-0.15, -0.1) is 0 Å². The summed E-state index contributed by atoms with van der Waals surface area (Å²) in [6.45, 7) is 2.61. The highest BCUT2D eigenvalue weighted by Crippen LogP contribution is 2.28. The van der Waals surface area contributed by atoms with E-state index in [-0.39, 0.29) is 12.5 Å². The highest BCUT2D eigenvalue weighted by molar-refractivity contribution is 7.92. The Bertz CT molecular complexity index is 1230. The molecule has 1 N–H and O–H groups in total. The SMILES string of the molecule is COc1ccc(OCCNC(=O)c2ccc(CN(c3cc(Cl)ccc3C)S(C)(=O)=O)cc2)cc1. The molecule has 34 heavy (non-hydrogen) atoms. The van der Waals surface area contributed by atoms with Crippen LogP contribution in [-0.2, 0) is 16.6 Å². The minimum absolute atomic E-state index is 0.123. The molecule has 0 spiro atoms. The molecule has 180 valence electrons. The summed E-state index contributed by atoms with van der Waals surface area (Å²) in [5, 5.41) is 3.26. The second-order valence-corrected chi connectivity index (χ2v) is 10.0. The lowest BCUT2D eigenvalue weighted by Gasteiger charge is -2.24. The summed E-state index contributed by atoms with van der Waals surface area (Å²) in [7, 11) is -1.95. The average molecular weight is 503 g/mol. The van der Waals surface area contributed by atoms with Crippen LogP contribution in [0.2, 0.25) is 5.02 Å². The summed E-state index contributed by atoms with van der Waals surface area (Å²) in [5.41, 5.74) is 2.53. The number of nitrogens with zero attached hydrogens (tertiary/aromatic N) is 1. The lowest BCUT2D eigenvalue weighted by atomic mass is 10.1. The molecule has 0 fully saturated rings. The number of anilines is 1. The van der Waals surface area contributed by atoms with Crippen molar-refractivity contribution >= 4 is 33.2 Å². The molecule has 0 heterocycles. The molecule has 0 bridgehead atoms. The van der Waals surface area contributed by atoms with E-state index < -0.39 is 10.0 Å². The van der Waals surface area contributed by atoms with Gasteiger partial charge in [0.15, 0.2) is 0 Å². The fourth-order valence-electron chi connectivity index (χ4n) is 3.27. The molecule has 0 aliphatic rings. The minimum atomic E-state index is -3.55. The van der Waals surface area contributed by atoms with Crippen LogP contribution in [0.3, 0.4) is 0 Å². The van der Waals surface area contributed by atoms with Gasteiger partial charge in [0.2, 0.25) is 10.0 Å². The van der Waals surface area contributed by atoms with Crippen LogP contribution in [0.25, 0.3) is 0 Å². The molecule has 0 saturated carbocycles. The van der Waals surface area contributed by atoms with Gasteiger partial charge in [-0.1, -0.05) is 29.8 Å². The molecule has 0 atom stereocenters. The number of rotatable bonds is 10. The Morgan fingerprint density at radius 2 is 1.65 bits per heavy atom. The zero-order valence-corrected chi connectivity index (χ0v) is 20.8. The summed E-state index contributed by atoms with van der Waals surface area (Å²) in [5.74, 6) is 1.19. The van der Waals surface area contributed by atoms with Gasteiger partial charge in [-0.3, -0.25) is 9.10 Å². The third-order valence-corrected chi connectivity index (χ3v) is 6.46. The van der Waals surface area contributed by atoms with Gasteiger partial charge in [0.1, 0.15) is 18.1 Å². The van der Waals surface area contributed by atoms with Crippen molar-refractivity contribution in [2.45, 2.75) is 13.5 Å². The lowest BCUT2D eigenvalue weighted by molar-refractivity contribution is 0.0947. The predicted octanol–water partition coefficient (Wildman–Crippen LogP) is 4.43. The number of benzene rings is 3. The molecular weight excluding hydrogens is 476 g/mol. The summed E-state index contributed by atoms with van der Waals surface area (Å²) in [6.07, 6.45) is 1.16. The van der Waals surface area contributed by atoms with Crippen molar-refractivity contribution in [3.05, 3.63) is 88.4 Å². The molecule has 7 nitrogen and oxygen atoms in total. The Labute approximate surface area is 205 Å². The Morgan fingerprint density at radius 3 is 2.26 bits per heavy atom. The molecule has 3 aromatic rings. The number of aryl methyl sites for hydroxylation is 1. The van der Waals surface area contributed by atoms with Gasteiger partial charge in [0.25, 0.3) is 5.91 Å². The van der Waals surface area contributed by atoms with Crippen molar-refractivity contribution in [1.29, 1.82) is 0 Å². The fraction of sp³-hybridized carbons (Fsp3) is 0.240. The zero-order chi connectivity index (χ0) is 24.7. The van der Waals surface area contributed by atoms with Crippen molar-refractivity contribution in [1.82, 2.24) is 5.32 Å². The lowest BCUT2D eigenvalue weighted by Crippen LogP contribution is -2.30. The van der Waals surface area contributed by atoms with Crippen LogP contribution in [0.4, 0.5) is 5.69 Å². The van der Waals surface area contributed by atoms with E-state index in [1.807, 2.05) is 6.92 Å². The first-order chi connectivity index (χ1) is 16.2. The maximum absolute atomic E-state index is 12.5. The fourth-order valence-corrected chi connectivity index (χ4v) is 4.37. The maximum Gasteiger partial charge on any atom is 0.251 e. The van der Waals surface area contributed by atoms with E-state index in [1.54, 1.807) is 73.8 Å². The largest absolute Gasteiger partial charge is 0.497 e. The Kier molecular flexibility index (Phi) is 8.41. The first-order valence-corrected chi connectivity index (χ1v) is 12.8. The van der Waals surface area contributed by atoms with Crippen molar-refractivity contribution in [2.24, 2.45) is 0 Å². The smallest absolute Gasteiger partial charge is 0.251 e. The monoisotopic (exact) mass is 502 g/mol. The summed E-state index contributed by atoms with van der Waals surface area (Å²) in [6, 6.07) is 19.1. The predicted molar refractivity (Wildman–Crippen MR) is 134 cm³/mol. The van der Waals surface area contributed by atoms with Crippen molar-refractivity contribution in [3.8, 4) is 11.5 Å².